The van der Waals surface area contributed by atoms with Gasteiger partial charge in [-0.3, -0.25) is 0 Å². The van der Waals surface area contributed by atoms with Crippen molar-refractivity contribution in [1.29, 1.82) is 0 Å². The van der Waals surface area contributed by atoms with E-state index in [1.165, 1.54) is 6.07 Å². The smallest absolute Gasteiger partial charge is 0.164 e. The summed E-state index contributed by atoms with van der Waals surface area (Å²) in [7, 11) is 0. The Morgan fingerprint density at radius 2 is 0.960 bits per heavy atom. The Morgan fingerprint density at radius 3 is 1.80 bits per heavy atom. The Bertz CT molecular complexity index is 3410. The van der Waals surface area contributed by atoms with Crippen molar-refractivity contribution < 1.29 is 22.5 Å². The summed E-state index contributed by atoms with van der Waals surface area (Å²) in [6.45, 7) is 0. The lowest BCUT2D eigenvalue weighted by Gasteiger charge is -2.09. The maximum Gasteiger partial charge on any atom is 0.164 e. The maximum atomic E-state index is 9.43. The highest BCUT2D eigenvalue weighted by molar-refractivity contribution is 6.07. The molecule has 0 aliphatic carbocycles. The third-order valence-electron chi connectivity index (χ3n) is 8.59. The highest BCUT2D eigenvalue weighted by atomic mass is 16.3. The van der Waals surface area contributed by atoms with Gasteiger partial charge in [-0.2, -0.15) is 0 Å². The predicted octanol–water partition coefficient (Wildman–Crippen LogP) is 12.0. The van der Waals surface area contributed by atoms with Crippen LogP contribution in [0.25, 0.3) is 100 Å². The molecule has 10 aromatic rings. The van der Waals surface area contributed by atoms with Crippen molar-refractivity contribution in [3.05, 3.63) is 164 Å². The van der Waals surface area contributed by atoms with Crippen molar-refractivity contribution in [2.75, 3.05) is 0 Å². The second-order valence-electron chi connectivity index (χ2n) is 11.6. The van der Waals surface area contributed by atoms with E-state index in [2.05, 4.69) is 0 Å². The zero-order chi connectivity index (χ0) is 41.7. The van der Waals surface area contributed by atoms with Crippen LogP contribution in [-0.2, 0) is 0 Å². The lowest BCUT2D eigenvalue weighted by molar-refractivity contribution is 0.669. The standard InChI is InChI=1S/C45H27N3O2/c1-3-9-28(10-4-1)30-15-17-31(18-16-30)43-46-44(33-20-23-36-35-13-7-8-14-39(35)49-41(36)26-33)48-45(47-43)34-21-24-38-37-22-19-32(29-11-5-2-6-12-29)25-40(37)50-42(38)27-34/h1-27H/i2D,5D,6D,11D,12D,19D,21D,24D,25D,27D. The fourth-order valence-electron chi connectivity index (χ4n) is 6.13. The van der Waals surface area contributed by atoms with E-state index in [1.807, 2.05) is 97.1 Å². The second kappa shape index (κ2) is 11.4. The minimum atomic E-state index is -0.624. The number of hydrogen-bond donors (Lipinski definition) is 0. The summed E-state index contributed by atoms with van der Waals surface area (Å²) in [5, 5.41) is 1.93. The molecule has 50 heavy (non-hydrogen) atoms. The van der Waals surface area contributed by atoms with Gasteiger partial charge in [0.25, 0.3) is 0 Å². The molecule has 5 heteroatoms. The molecule has 0 unspecified atom stereocenters. The van der Waals surface area contributed by atoms with Gasteiger partial charge in [0, 0.05) is 38.2 Å². The summed E-state index contributed by atoms with van der Waals surface area (Å²) in [4.78, 5) is 14.4. The minimum absolute atomic E-state index is 0.000276. The molecule has 0 bridgehead atoms. The average molecular weight is 652 g/mol. The summed E-state index contributed by atoms with van der Waals surface area (Å²) in [6, 6.07) is 27.0. The van der Waals surface area contributed by atoms with Crippen LogP contribution in [0.5, 0.6) is 0 Å². The lowest BCUT2D eigenvalue weighted by Crippen LogP contribution is -2.00. The molecule has 234 valence electrons. The normalized spacial score (nSPS) is 14.4. The predicted molar refractivity (Wildman–Crippen MR) is 202 cm³/mol. The van der Waals surface area contributed by atoms with E-state index in [0.29, 0.717) is 22.3 Å². The quantitative estimate of drug-likeness (QED) is 0.185. The minimum Gasteiger partial charge on any atom is -0.456 e. The van der Waals surface area contributed by atoms with Gasteiger partial charge in [0.05, 0.1) is 13.7 Å². The molecule has 7 aromatic carbocycles. The zero-order valence-corrected chi connectivity index (χ0v) is 26.0. The number of hydrogen-bond acceptors (Lipinski definition) is 5. The van der Waals surface area contributed by atoms with E-state index in [-0.39, 0.29) is 74.2 Å². The van der Waals surface area contributed by atoms with Crippen molar-refractivity contribution in [3.8, 4) is 56.4 Å². The molecular formula is C45H27N3O2. The molecule has 0 saturated carbocycles. The maximum absolute atomic E-state index is 9.43. The molecule has 10 rings (SSSR count). The zero-order valence-electron chi connectivity index (χ0n) is 36.0. The van der Waals surface area contributed by atoms with Gasteiger partial charge in [-0.25, -0.2) is 15.0 Å². The monoisotopic (exact) mass is 651 g/mol. The molecule has 0 radical (unpaired) electrons. The number of benzene rings is 7. The average Bonchev–Trinajstić information content (AvgIpc) is 3.84. The molecule has 0 N–H and O–H groups in total. The molecule has 3 aromatic heterocycles. The van der Waals surface area contributed by atoms with E-state index in [9.17, 15) is 4.11 Å². The van der Waals surface area contributed by atoms with Gasteiger partial charge in [-0.15, -0.1) is 0 Å². The Kier molecular flexibility index (Phi) is 4.52. The van der Waals surface area contributed by atoms with Crippen LogP contribution in [0.3, 0.4) is 0 Å². The van der Waals surface area contributed by atoms with Gasteiger partial charge in [0.2, 0.25) is 0 Å². The highest BCUT2D eigenvalue weighted by Crippen LogP contribution is 2.36. The fourth-order valence-corrected chi connectivity index (χ4v) is 6.13. The molecule has 3 heterocycles. The van der Waals surface area contributed by atoms with E-state index < -0.39 is 42.3 Å². The van der Waals surface area contributed by atoms with Gasteiger partial charge < -0.3 is 8.83 Å². The Labute approximate surface area is 301 Å². The van der Waals surface area contributed by atoms with Crippen molar-refractivity contribution in [1.82, 2.24) is 15.0 Å². The summed E-state index contributed by atoms with van der Waals surface area (Å²) in [5.41, 5.74) is 3.40. The number of nitrogens with zero attached hydrogens (tertiary/aromatic N) is 3. The first-order valence-corrected chi connectivity index (χ1v) is 15.8. The van der Waals surface area contributed by atoms with Gasteiger partial charge in [0.1, 0.15) is 22.3 Å². The van der Waals surface area contributed by atoms with Crippen LogP contribution in [-0.4, -0.2) is 15.0 Å². The molecule has 0 atom stereocenters. The van der Waals surface area contributed by atoms with E-state index in [1.54, 1.807) is 0 Å². The van der Waals surface area contributed by atoms with Crippen LogP contribution in [0.4, 0.5) is 0 Å². The van der Waals surface area contributed by atoms with E-state index in [0.717, 1.165) is 21.9 Å². The third-order valence-corrected chi connectivity index (χ3v) is 8.59. The van der Waals surface area contributed by atoms with Crippen molar-refractivity contribution in [2.24, 2.45) is 0 Å². The number of para-hydroxylation sites is 1. The van der Waals surface area contributed by atoms with Gasteiger partial charge in [-0.05, 0) is 64.6 Å². The molecular weight excluding hydrogens is 615 g/mol. The van der Waals surface area contributed by atoms with Crippen LogP contribution >= 0.6 is 0 Å². The van der Waals surface area contributed by atoms with Crippen molar-refractivity contribution in [3.63, 3.8) is 0 Å². The van der Waals surface area contributed by atoms with Crippen LogP contribution in [0.2, 0.25) is 0 Å². The summed E-state index contributed by atoms with van der Waals surface area (Å²) in [6.07, 6.45) is 0. The Morgan fingerprint density at radius 1 is 0.360 bits per heavy atom. The molecule has 0 amide bonds. The topological polar surface area (TPSA) is 65.0 Å². The Balaban J connectivity index is 1.19. The van der Waals surface area contributed by atoms with Crippen molar-refractivity contribution in [2.45, 2.75) is 0 Å². The van der Waals surface area contributed by atoms with Crippen LogP contribution in [0.1, 0.15) is 13.7 Å². The molecule has 0 fully saturated rings. The molecule has 0 aliphatic rings. The first kappa shape index (κ1) is 19.8. The number of furan rings is 2. The number of rotatable bonds is 5. The Hall–Kier alpha value is -6.85. The van der Waals surface area contributed by atoms with Gasteiger partial charge in [-0.1, -0.05) is 121 Å². The molecule has 0 aliphatic heterocycles. The summed E-state index contributed by atoms with van der Waals surface area (Å²) < 4.78 is 99.5. The second-order valence-corrected chi connectivity index (χ2v) is 11.6. The van der Waals surface area contributed by atoms with Crippen molar-refractivity contribution >= 4 is 43.9 Å². The van der Waals surface area contributed by atoms with Crippen LogP contribution in [0, 0.1) is 0 Å². The first-order chi connectivity index (χ1) is 28.9. The molecule has 0 spiro atoms. The van der Waals surface area contributed by atoms with Gasteiger partial charge in [0.15, 0.2) is 17.5 Å². The SMILES string of the molecule is [2H]c1cc2c(oc3c([2H])c(-c4nc(-c5ccc(-c6ccccc6)cc5)nc(-c5ccc6c(c5)oc5ccccc56)n4)c([2H])c([2H])c32)c([2H])c1-c1c([2H])c([2H])c([2H])c([2H])c1[2H]. The van der Waals surface area contributed by atoms with E-state index in [4.69, 9.17) is 33.4 Å². The summed E-state index contributed by atoms with van der Waals surface area (Å²) in [5.74, 6) is 0.379. The van der Waals surface area contributed by atoms with Gasteiger partial charge >= 0.3 is 0 Å². The third kappa shape index (κ3) is 4.83. The molecule has 0 saturated heterocycles. The first-order valence-electron chi connectivity index (χ1n) is 20.8. The fraction of sp³-hybridized carbons (Fsp3) is 0. The molecule has 5 nitrogen and oxygen atoms in total. The largest absolute Gasteiger partial charge is 0.456 e. The van der Waals surface area contributed by atoms with Crippen LogP contribution in [0.15, 0.2) is 172 Å². The number of fused-ring (bicyclic) bond motifs is 6. The van der Waals surface area contributed by atoms with E-state index >= 15 is 0 Å². The van der Waals surface area contributed by atoms with Crippen LogP contribution < -0.4 is 0 Å². The lowest BCUT2D eigenvalue weighted by atomic mass is 10.0. The summed E-state index contributed by atoms with van der Waals surface area (Å²) >= 11 is 0. The highest BCUT2D eigenvalue weighted by Gasteiger charge is 2.17. The number of aromatic nitrogens is 3.